The van der Waals surface area contributed by atoms with Crippen LogP contribution in [-0.4, -0.2) is 15.9 Å². The molecule has 92 valence electrons. The zero-order valence-electron chi connectivity index (χ0n) is 8.82. The molecule has 0 saturated carbocycles. The zero-order valence-corrected chi connectivity index (χ0v) is 11.9. The highest BCUT2D eigenvalue weighted by molar-refractivity contribution is 9.10. The third-order valence-corrected chi connectivity index (χ3v) is 3.37. The van der Waals surface area contributed by atoms with Crippen LogP contribution in [0.15, 0.2) is 35.1 Å². The minimum absolute atomic E-state index is 0.159. The number of hydrogen-bond donors (Lipinski definition) is 1. The highest BCUT2D eigenvalue weighted by Gasteiger charge is 2.11. The lowest BCUT2D eigenvalue weighted by Crippen LogP contribution is -2.13. The van der Waals surface area contributed by atoms with E-state index in [1.807, 2.05) is 0 Å². The summed E-state index contributed by atoms with van der Waals surface area (Å²) in [5.41, 5.74) is 0.307. The van der Waals surface area contributed by atoms with Crippen LogP contribution in [0.5, 0.6) is 0 Å². The molecule has 2 aromatic heterocycles. The van der Waals surface area contributed by atoms with Crippen molar-refractivity contribution >= 4 is 50.9 Å². The first-order chi connectivity index (χ1) is 8.58. The summed E-state index contributed by atoms with van der Waals surface area (Å²) in [7, 11) is 0. The number of rotatable bonds is 2. The minimum Gasteiger partial charge on any atom is -0.306 e. The molecule has 0 bridgehead atoms. The fourth-order valence-electron chi connectivity index (χ4n) is 1.20. The van der Waals surface area contributed by atoms with Crippen LogP contribution in [0.2, 0.25) is 10.2 Å². The smallest absolute Gasteiger partial charge is 0.258 e. The fraction of sp³-hybridized carbons (Fsp3) is 0. The second-order valence-corrected chi connectivity index (χ2v) is 4.90. The number of amides is 1. The van der Waals surface area contributed by atoms with Crippen LogP contribution in [0, 0.1) is 0 Å². The predicted octanol–water partition coefficient (Wildman–Crippen LogP) is 3.80. The molecule has 0 radical (unpaired) electrons. The van der Waals surface area contributed by atoms with Gasteiger partial charge in [-0.15, -0.1) is 0 Å². The van der Waals surface area contributed by atoms with Crippen molar-refractivity contribution < 1.29 is 4.79 Å². The van der Waals surface area contributed by atoms with E-state index in [0.29, 0.717) is 15.9 Å². The number of aromatic nitrogens is 2. The summed E-state index contributed by atoms with van der Waals surface area (Å²) < 4.78 is 0.686. The standard InChI is InChI=1S/C11H6BrCl2N3O/c12-7-2-1-3-15-10(7)17-11(18)6-4-8(13)9(14)16-5-6/h1-5H,(H,15,17,18). The average molecular weight is 347 g/mol. The van der Waals surface area contributed by atoms with E-state index in [4.69, 9.17) is 23.2 Å². The largest absolute Gasteiger partial charge is 0.306 e. The second kappa shape index (κ2) is 5.65. The van der Waals surface area contributed by atoms with Gasteiger partial charge in [-0.25, -0.2) is 9.97 Å². The molecule has 1 N–H and O–H groups in total. The van der Waals surface area contributed by atoms with Crippen molar-refractivity contribution in [2.24, 2.45) is 0 Å². The Morgan fingerprint density at radius 2 is 2.11 bits per heavy atom. The van der Waals surface area contributed by atoms with Gasteiger partial charge in [0.1, 0.15) is 11.0 Å². The molecule has 18 heavy (non-hydrogen) atoms. The highest BCUT2D eigenvalue weighted by Crippen LogP contribution is 2.22. The first-order valence-electron chi connectivity index (χ1n) is 4.81. The summed E-state index contributed by atoms with van der Waals surface area (Å²) >= 11 is 14.8. The summed E-state index contributed by atoms with van der Waals surface area (Å²) in [6, 6.07) is 4.97. The van der Waals surface area contributed by atoms with Crippen LogP contribution in [-0.2, 0) is 0 Å². The summed E-state index contributed by atoms with van der Waals surface area (Å²) in [5, 5.41) is 3.02. The van der Waals surface area contributed by atoms with Gasteiger partial charge in [0.25, 0.3) is 5.91 Å². The quantitative estimate of drug-likeness (QED) is 0.841. The number of nitrogens with zero attached hydrogens (tertiary/aromatic N) is 2. The summed E-state index contributed by atoms with van der Waals surface area (Å²) in [5.74, 6) is 0.0639. The van der Waals surface area contributed by atoms with Crippen LogP contribution in [0.25, 0.3) is 0 Å². The van der Waals surface area contributed by atoms with Crippen molar-refractivity contribution in [3.63, 3.8) is 0 Å². The molecule has 1 amide bonds. The van der Waals surface area contributed by atoms with Crippen molar-refractivity contribution in [2.75, 3.05) is 5.32 Å². The van der Waals surface area contributed by atoms with Crippen LogP contribution in [0.4, 0.5) is 5.82 Å². The molecule has 0 aliphatic heterocycles. The van der Waals surface area contributed by atoms with Crippen LogP contribution < -0.4 is 5.32 Å². The van der Waals surface area contributed by atoms with E-state index >= 15 is 0 Å². The van der Waals surface area contributed by atoms with E-state index in [0.717, 1.165) is 0 Å². The minimum atomic E-state index is -0.361. The number of halogens is 3. The third-order valence-electron chi connectivity index (χ3n) is 2.05. The van der Waals surface area contributed by atoms with Gasteiger partial charge in [0.15, 0.2) is 0 Å². The van der Waals surface area contributed by atoms with E-state index < -0.39 is 0 Å². The van der Waals surface area contributed by atoms with E-state index in [-0.39, 0.29) is 16.1 Å². The van der Waals surface area contributed by atoms with E-state index in [1.54, 1.807) is 18.3 Å². The number of hydrogen-bond acceptors (Lipinski definition) is 3. The van der Waals surface area contributed by atoms with E-state index in [1.165, 1.54) is 12.3 Å². The van der Waals surface area contributed by atoms with E-state index in [9.17, 15) is 4.79 Å². The predicted molar refractivity (Wildman–Crippen MR) is 74.1 cm³/mol. The maximum atomic E-state index is 11.9. The first kappa shape index (κ1) is 13.3. The van der Waals surface area contributed by atoms with Crippen molar-refractivity contribution in [1.82, 2.24) is 9.97 Å². The van der Waals surface area contributed by atoms with Crippen LogP contribution in [0.3, 0.4) is 0 Å². The van der Waals surface area contributed by atoms with Crippen molar-refractivity contribution in [3.05, 3.63) is 50.8 Å². The van der Waals surface area contributed by atoms with Gasteiger partial charge in [-0.2, -0.15) is 0 Å². The molecule has 2 rings (SSSR count). The maximum Gasteiger partial charge on any atom is 0.258 e. The lowest BCUT2D eigenvalue weighted by Gasteiger charge is -2.06. The molecule has 0 spiro atoms. The summed E-state index contributed by atoms with van der Waals surface area (Å²) in [4.78, 5) is 19.7. The van der Waals surface area contributed by atoms with Gasteiger partial charge in [0, 0.05) is 12.4 Å². The Morgan fingerprint density at radius 1 is 1.33 bits per heavy atom. The molecule has 2 heterocycles. The van der Waals surface area contributed by atoms with Gasteiger partial charge >= 0.3 is 0 Å². The lowest BCUT2D eigenvalue weighted by molar-refractivity contribution is 0.102. The molecule has 7 heteroatoms. The van der Waals surface area contributed by atoms with Gasteiger partial charge < -0.3 is 5.32 Å². The van der Waals surface area contributed by atoms with Gasteiger partial charge in [-0.3, -0.25) is 4.79 Å². The van der Waals surface area contributed by atoms with Gasteiger partial charge in [-0.05, 0) is 34.1 Å². The number of carbonyl (C=O) groups excluding carboxylic acids is 1. The third kappa shape index (κ3) is 2.98. The monoisotopic (exact) mass is 345 g/mol. The number of pyridine rings is 2. The summed E-state index contributed by atoms with van der Waals surface area (Å²) in [6.45, 7) is 0. The number of nitrogens with one attached hydrogen (secondary N) is 1. The molecule has 0 unspecified atom stereocenters. The lowest BCUT2D eigenvalue weighted by atomic mass is 10.2. The normalized spacial score (nSPS) is 10.2. The molecule has 0 aromatic carbocycles. The molecule has 0 aliphatic rings. The summed E-state index contributed by atoms with van der Waals surface area (Å²) in [6.07, 6.45) is 2.92. The van der Waals surface area contributed by atoms with Crippen molar-refractivity contribution in [3.8, 4) is 0 Å². The Bertz CT molecular complexity index is 607. The first-order valence-corrected chi connectivity index (χ1v) is 6.35. The van der Waals surface area contributed by atoms with Crippen LogP contribution >= 0.6 is 39.1 Å². The molecule has 2 aromatic rings. The van der Waals surface area contributed by atoms with Gasteiger partial charge in [-0.1, -0.05) is 23.2 Å². The molecule has 0 fully saturated rings. The van der Waals surface area contributed by atoms with E-state index in [2.05, 4.69) is 31.2 Å². The van der Waals surface area contributed by atoms with Gasteiger partial charge in [0.2, 0.25) is 0 Å². The molecular formula is C11H6BrCl2N3O. The Labute approximate surface area is 121 Å². The Kier molecular flexibility index (Phi) is 4.16. The van der Waals surface area contributed by atoms with Crippen LogP contribution in [0.1, 0.15) is 10.4 Å². The molecule has 0 aliphatic carbocycles. The number of carbonyl (C=O) groups is 1. The highest BCUT2D eigenvalue weighted by atomic mass is 79.9. The second-order valence-electron chi connectivity index (χ2n) is 3.28. The SMILES string of the molecule is O=C(Nc1ncccc1Br)c1cnc(Cl)c(Cl)c1. The molecule has 0 atom stereocenters. The van der Waals surface area contributed by atoms with Gasteiger partial charge in [0.05, 0.1) is 15.1 Å². The Hall–Kier alpha value is -1.17. The van der Waals surface area contributed by atoms with Crippen molar-refractivity contribution in [1.29, 1.82) is 0 Å². The van der Waals surface area contributed by atoms with Crippen molar-refractivity contribution in [2.45, 2.75) is 0 Å². The Morgan fingerprint density at radius 3 is 2.78 bits per heavy atom. The number of anilines is 1. The zero-order chi connectivity index (χ0) is 13.1. The fourth-order valence-corrected chi connectivity index (χ4v) is 1.83. The average Bonchev–Trinajstić information content (AvgIpc) is 2.35. The topological polar surface area (TPSA) is 54.9 Å². The maximum absolute atomic E-state index is 11.9. The molecular weight excluding hydrogens is 341 g/mol. The molecule has 4 nitrogen and oxygen atoms in total. The Balaban J connectivity index is 2.22. The molecule has 0 saturated heterocycles.